The van der Waals surface area contributed by atoms with Gasteiger partial charge in [-0.2, -0.15) is 4.31 Å². The number of carbonyl (C=O) groups excluding carboxylic acids is 1. The highest BCUT2D eigenvalue weighted by atomic mass is 32.2. The normalized spacial score (nSPS) is 19.6. The summed E-state index contributed by atoms with van der Waals surface area (Å²) in [5.74, 6) is -0.486. The van der Waals surface area contributed by atoms with Crippen molar-refractivity contribution >= 4 is 21.7 Å². The molecule has 0 saturated carbocycles. The van der Waals surface area contributed by atoms with Crippen LogP contribution in [0.4, 0.5) is 5.69 Å². The highest BCUT2D eigenvalue weighted by Gasteiger charge is 2.40. The Morgan fingerprint density at radius 2 is 2.19 bits per heavy atom. The third kappa shape index (κ3) is 3.03. The van der Waals surface area contributed by atoms with Crippen molar-refractivity contribution in [3.63, 3.8) is 0 Å². The first-order chi connectivity index (χ1) is 9.87. The minimum absolute atomic E-state index is 0.152. The summed E-state index contributed by atoms with van der Waals surface area (Å²) in [5, 5.41) is 0. The van der Waals surface area contributed by atoms with Gasteiger partial charge in [-0.25, -0.2) is 8.42 Å². The van der Waals surface area contributed by atoms with E-state index in [1.807, 2.05) is 0 Å². The molecule has 0 bridgehead atoms. The van der Waals surface area contributed by atoms with Gasteiger partial charge < -0.3 is 10.5 Å². The second-order valence-corrected chi connectivity index (χ2v) is 6.91. The van der Waals surface area contributed by atoms with Gasteiger partial charge in [0.2, 0.25) is 10.0 Å². The molecular formula is C14H20N2O4S. The number of ether oxygens (including phenoxy) is 1. The summed E-state index contributed by atoms with van der Waals surface area (Å²) in [6, 6.07) is 4.01. The first-order valence-corrected chi connectivity index (χ1v) is 8.36. The second-order valence-electron chi connectivity index (χ2n) is 5.05. The van der Waals surface area contributed by atoms with E-state index in [4.69, 9.17) is 10.5 Å². The van der Waals surface area contributed by atoms with Gasteiger partial charge in [-0.1, -0.05) is 6.07 Å². The molecule has 0 radical (unpaired) electrons. The lowest BCUT2D eigenvalue weighted by Gasteiger charge is -2.23. The van der Waals surface area contributed by atoms with Gasteiger partial charge >= 0.3 is 5.97 Å². The number of nitrogens with zero attached hydrogens (tertiary/aromatic N) is 1. The highest BCUT2D eigenvalue weighted by Crippen LogP contribution is 2.29. The fourth-order valence-corrected chi connectivity index (χ4v) is 4.43. The van der Waals surface area contributed by atoms with Gasteiger partial charge in [0, 0.05) is 12.2 Å². The van der Waals surface area contributed by atoms with Gasteiger partial charge in [0.15, 0.2) is 0 Å². The number of aryl methyl sites for hydroxylation is 1. The molecule has 21 heavy (non-hydrogen) atoms. The van der Waals surface area contributed by atoms with Gasteiger partial charge in [0.1, 0.15) is 6.04 Å². The molecule has 7 heteroatoms. The van der Waals surface area contributed by atoms with Crippen LogP contribution in [0.3, 0.4) is 0 Å². The predicted molar refractivity (Wildman–Crippen MR) is 79.1 cm³/mol. The monoisotopic (exact) mass is 312 g/mol. The van der Waals surface area contributed by atoms with Crippen molar-refractivity contribution in [3.05, 3.63) is 23.8 Å². The topological polar surface area (TPSA) is 89.7 Å². The van der Waals surface area contributed by atoms with Gasteiger partial charge in [0.25, 0.3) is 0 Å². The van der Waals surface area contributed by atoms with E-state index in [9.17, 15) is 13.2 Å². The lowest BCUT2D eigenvalue weighted by Crippen LogP contribution is -2.41. The minimum atomic E-state index is -3.75. The first-order valence-electron chi connectivity index (χ1n) is 6.92. The minimum Gasteiger partial charge on any atom is -0.465 e. The third-order valence-corrected chi connectivity index (χ3v) is 5.61. The molecule has 116 valence electrons. The van der Waals surface area contributed by atoms with Gasteiger partial charge in [-0.3, -0.25) is 4.79 Å². The Balaban J connectivity index is 2.38. The van der Waals surface area contributed by atoms with Gasteiger partial charge in [-0.05, 0) is 44.4 Å². The van der Waals surface area contributed by atoms with Gasteiger partial charge in [-0.15, -0.1) is 0 Å². The summed E-state index contributed by atoms with van der Waals surface area (Å²) in [7, 11) is -3.75. The zero-order valence-corrected chi connectivity index (χ0v) is 13.0. The van der Waals surface area contributed by atoms with Crippen LogP contribution in [0.5, 0.6) is 0 Å². The van der Waals surface area contributed by atoms with Crippen LogP contribution in [0.25, 0.3) is 0 Å². The number of nitrogens with two attached hydrogens (primary N) is 1. The van der Waals surface area contributed by atoms with E-state index in [-0.39, 0.29) is 11.5 Å². The molecule has 0 spiro atoms. The molecule has 1 unspecified atom stereocenters. The number of rotatable bonds is 4. The quantitative estimate of drug-likeness (QED) is 0.668. The number of carbonyl (C=O) groups is 1. The van der Waals surface area contributed by atoms with Crippen LogP contribution in [-0.4, -0.2) is 37.9 Å². The van der Waals surface area contributed by atoms with Crippen molar-refractivity contribution in [2.75, 3.05) is 18.9 Å². The molecule has 2 N–H and O–H groups in total. The maximum absolute atomic E-state index is 12.8. The molecule has 6 nitrogen and oxygen atoms in total. The Morgan fingerprint density at radius 1 is 1.48 bits per heavy atom. The molecule has 0 aliphatic carbocycles. The summed E-state index contributed by atoms with van der Waals surface area (Å²) < 4.78 is 31.8. The standard InChI is InChI=1S/C14H20N2O4S/c1-3-20-14(17)12-5-4-8-16(12)21(18,19)13-9-11(15)7-6-10(13)2/h6-7,9,12H,3-5,8,15H2,1-2H3. The molecule has 1 fully saturated rings. The average Bonchev–Trinajstić information content (AvgIpc) is 2.92. The Kier molecular flexibility index (Phi) is 4.53. The van der Waals surface area contributed by atoms with E-state index < -0.39 is 22.0 Å². The zero-order chi connectivity index (χ0) is 15.6. The molecule has 1 saturated heterocycles. The van der Waals surface area contributed by atoms with Crippen LogP contribution in [0.2, 0.25) is 0 Å². The second kappa shape index (κ2) is 6.03. The van der Waals surface area contributed by atoms with Crippen molar-refractivity contribution in [2.24, 2.45) is 0 Å². The number of anilines is 1. The summed E-state index contributed by atoms with van der Waals surface area (Å²) in [6.45, 7) is 3.97. The zero-order valence-electron chi connectivity index (χ0n) is 12.2. The highest BCUT2D eigenvalue weighted by molar-refractivity contribution is 7.89. The number of benzene rings is 1. The Labute approximate surface area is 124 Å². The Hall–Kier alpha value is -1.60. The number of nitrogen functional groups attached to an aromatic ring is 1. The molecule has 1 aromatic carbocycles. The van der Waals surface area contributed by atoms with Crippen LogP contribution in [0.15, 0.2) is 23.1 Å². The van der Waals surface area contributed by atoms with Crippen LogP contribution < -0.4 is 5.73 Å². The number of esters is 1. The molecular weight excluding hydrogens is 292 g/mol. The Bertz CT molecular complexity index is 642. The van der Waals surface area contributed by atoms with Crippen LogP contribution in [0.1, 0.15) is 25.3 Å². The molecule has 2 rings (SSSR count). The predicted octanol–water partition coefficient (Wildman–Crippen LogP) is 1.29. The van der Waals surface area contributed by atoms with Gasteiger partial charge in [0.05, 0.1) is 11.5 Å². The van der Waals surface area contributed by atoms with Crippen molar-refractivity contribution in [3.8, 4) is 0 Å². The molecule has 1 heterocycles. The maximum atomic E-state index is 12.8. The van der Waals surface area contributed by atoms with E-state index in [1.165, 1.54) is 10.4 Å². The largest absolute Gasteiger partial charge is 0.465 e. The third-order valence-electron chi connectivity index (χ3n) is 3.56. The van der Waals surface area contributed by atoms with E-state index in [0.717, 1.165) is 0 Å². The molecule has 0 amide bonds. The lowest BCUT2D eigenvalue weighted by molar-refractivity contribution is -0.146. The summed E-state index contributed by atoms with van der Waals surface area (Å²) in [5.41, 5.74) is 6.68. The average molecular weight is 312 g/mol. The fraction of sp³-hybridized carbons (Fsp3) is 0.500. The lowest BCUT2D eigenvalue weighted by atomic mass is 10.2. The maximum Gasteiger partial charge on any atom is 0.324 e. The van der Waals surface area contributed by atoms with Crippen molar-refractivity contribution in [2.45, 2.75) is 37.6 Å². The molecule has 0 aromatic heterocycles. The van der Waals surface area contributed by atoms with E-state index >= 15 is 0 Å². The number of hydrogen-bond donors (Lipinski definition) is 1. The van der Waals surface area contributed by atoms with E-state index in [0.29, 0.717) is 30.6 Å². The summed E-state index contributed by atoms with van der Waals surface area (Å²) in [4.78, 5) is 12.1. The van der Waals surface area contributed by atoms with E-state index in [1.54, 1.807) is 26.0 Å². The van der Waals surface area contributed by atoms with Crippen LogP contribution in [-0.2, 0) is 19.6 Å². The van der Waals surface area contributed by atoms with Crippen molar-refractivity contribution < 1.29 is 17.9 Å². The number of hydrogen-bond acceptors (Lipinski definition) is 5. The summed E-state index contributed by atoms with van der Waals surface area (Å²) >= 11 is 0. The molecule has 1 atom stereocenters. The van der Waals surface area contributed by atoms with Crippen LogP contribution in [0, 0.1) is 6.92 Å². The first kappa shape index (κ1) is 15.8. The van der Waals surface area contributed by atoms with Crippen LogP contribution >= 0.6 is 0 Å². The molecule has 1 aliphatic rings. The SMILES string of the molecule is CCOC(=O)C1CCCN1S(=O)(=O)c1cc(N)ccc1C. The molecule has 1 aliphatic heterocycles. The summed E-state index contributed by atoms with van der Waals surface area (Å²) in [6.07, 6.45) is 1.13. The molecule has 1 aromatic rings. The number of sulfonamides is 1. The van der Waals surface area contributed by atoms with E-state index in [2.05, 4.69) is 0 Å². The van der Waals surface area contributed by atoms with Crippen molar-refractivity contribution in [1.82, 2.24) is 4.31 Å². The fourth-order valence-electron chi connectivity index (χ4n) is 2.52. The van der Waals surface area contributed by atoms with Crippen molar-refractivity contribution in [1.29, 1.82) is 0 Å². The smallest absolute Gasteiger partial charge is 0.324 e. The Morgan fingerprint density at radius 3 is 2.86 bits per heavy atom.